The lowest BCUT2D eigenvalue weighted by atomic mass is 10.1. The first kappa shape index (κ1) is 24.3. The Kier molecular flexibility index (Phi) is 8.95. The molecule has 2 rings (SSSR count). The number of allylic oxidation sites excluding steroid dienone is 2. The maximum absolute atomic E-state index is 12.7. The number of amides is 3. The standard InChI is InChI=1S/C21H23N3O5S2/c1-13(11-14-5-3-2-4-6-14)12-16-19(27)24(21(30)31-16)10-9-18(26)23-15(20(28)29)7-8-17(22)25/h2-6,11-12,15H,7-10H2,1H3,(H2,22,25)(H,23,26)(H,28,29)/b13-11+,16-12+/t15-/m1/s1. The number of carbonyl (C=O) groups excluding carboxylic acids is 3. The minimum absolute atomic E-state index is 0.0252. The van der Waals surface area contributed by atoms with Gasteiger partial charge in [-0.2, -0.15) is 0 Å². The molecule has 4 N–H and O–H groups in total. The Morgan fingerprint density at radius 2 is 1.94 bits per heavy atom. The third-order valence-electron chi connectivity index (χ3n) is 4.30. The van der Waals surface area contributed by atoms with Gasteiger partial charge in [-0.05, 0) is 30.6 Å². The average molecular weight is 462 g/mol. The van der Waals surface area contributed by atoms with Crippen molar-refractivity contribution in [1.29, 1.82) is 0 Å². The van der Waals surface area contributed by atoms with Gasteiger partial charge in [0.2, 0.25) is 11.8 Å². The van der Waals surface area contributed by atoms with Crippen molar-refractivity contribution in [1.82, 2.24) is 10.2 Å². The number of carboxylic acid groups (broad SMARTS) is 1. The molecule has 3 amide bonds. The van der Waals surface area contributed by atoms with Gasteiger partial charge in [-0.1, -0.05) is 60.4 Å². The number of nitrogens with one attached hydrogen (secondary N) is 1. The molecule has 0 aliphatic carbocycles. The van der Waals surface area contributed by atoms with Crippen molar-refractivity contribution in [3.8, 4) is 0 Å². The van der Waals surface area contributed by atoms with Crippen LogP contribution in [0.15, 0.2) is 46.9 Å². The van der Waals surface area contributed by atoms with Gasteiger partial charge in [0, 0.05) is 19.4 Å². The van der Waals surface area contributed by atoms with E-state index in [2.05, 4.69) is 5.32 Å². The lowest BCUT2D eigenvalue weighted by molar-refractivity contribution is -0.142. The van der Waals surface area contributed by atoms with Crippen LogP contribution in [0.4, 0.5) is 0 Å². The zero-order chi connectivity index (χ0) is 23.0. The van der Waals surface area contributed by atoms with E-state index >= 15 is 0 Å². The van der Waals surface area contributed by atoms with Crippen molar-refractivity contribution in [2.75, 3.05) is 6.54 Å². The van der Waals surface area contributed by atoms with Crippen LogP contribution in [0.3, 0.4) is 0 Å². The number of hydrogen-bond donors (Lipinski definition) is 3. The van der Waals surface area contributed by atoms with Gasteiger partial charge in [-0.15, -0.1) is 0 Å². The molecule has 1 fully saturated rings. The van der Waals surface area contributed by atoms with E-state index in [1.807, 2.05) is 43.3 Å². The van der Waals surface area contributed by atoms with Crippen LogP contribution in [-0.2, 0) is 19.2 Å². The highest BCUT2D eigenvalue weighted by atomic mass is 32.2. The van der Waals surface area contributed by atoms with Crippen molar-refractivity contribution >= 4 is 58.1 Å². The van der Waals surface area contributed by atoms with Crippen LogP contribution in [0.25, 0.3) is 6.08 Å². The average Bonchev–Trinajstić information content (AvgIpc) is 2.96. The van der Waals surface area contributed by atoms with Crippen LogP contribution < -0.4 is 11.1 Å². The number of nitrogens with two attached hydrogens (primary N) is 1. The second-order valence-corrected chi connectivity index (χ2v) is 8.52. The second kappa shape index (κ2) is 11.4. The van der Waals surface area contributed by atoms with Crippen LogP contribution in [0, 0.1) is 0 Å². The summed E-state index contributed by atoms with van der Waals surface area (Å²) >= 11 is 6.41. The summed E-state index contributed by atoms with van der Waals surface area (Å²) in [6.07, 6.45) is 3.30. The molecular formula is C21H23N3O5S2. The van der Waals surface area contributed by atoms with Crippen molar-refractivity contribution in [2.45, 2.75) is 32.2 Å². The summed E-state index contributed by atoms with van der Waals surface area (Å²) in [6, 6.07) is 8.45. The van der Waals surface area contributed by atoms with Gasteiger partial charge in [-0.25, -0.2) is 4.79 Å². The Balaban J connectivity index is 1.95. The summed E-state index contributed by atoms with van der Waals surface area (Å²) in [4.78, 5) is 48.6. The maximum Gasteiger partial charge on any atom is 0.326 e. The van der Waals surface area contributed by atoms with E-state index in [9.17, 15) is 19.2 Å². The van der Waals surface area contributed by atoms with Gasteiger partial charge < -0.3 is 16.2 Å². The predicted octanol–water partition coefficient (Wildman–Crippen LogP) is 2.06. The zero-order valence-electron chi connectivity index (χ0n) is 16.9. The van der Waals surface area contributed by atoms with E-state index in [4.69, 9.17) is 23.1 Å². The Morgan fingerprint density at radius 1 is 1.26 bits per heavy atom. The summed E-state index contributed by atoms with van der Waals surface area (Å²) in [5.41, 5.74) is 6.90. The number of aliphatic carboxylic acids is 1. The lowest BCUT2D eigenvalue weighted by Gasteiger charge is -2.16. The minimum Gasteiger partial charge on any atom is -0.480 e. The van der Waals surface area contributed by atoms with Crippen LogP contribution in [0.2, 0.25) is 0 Å². The van der Waals surface area contributed by atoms with Gasteiger partial charge in [0.25, 0.3) is 5.91 Å². The third-order valence-corrected chi connectivity index (χ3v) is 5.68. The highest BCUT2D eigenvalue weighted by Crippen LogP contribution is 2.32. The Labute approximate surface area is 189 Å². The van der Waals surface area contributed by atoms with Gasteiger partial charge in [0.1, 0.15) is 10.4 Å². The maximum atomic E-state index is 12.7. The second-order valence-electron chi connectivity index (χ2n) is 6.85. The Morgan fingerprint density at radius 3 is 2.55 bits per heavy atom. The number of benzene rings is 1. The van der Waals surface area contributed by atoms with Crippen molar-refractivity contribution < 1.29 is 24.3 Å². The molecule has 1 aliphatic rings. The van der Waals surface area contributed by atoms with E-state index in [1.54, 1.807) is 6.08 Å². The molecule has 1 atom stereocenters. The molecule has 0 aromatic heterocycles. The summed E-state index contributed by atoms with van der Waals surface area (Å²) in [5, 5.41) is 11.5. The molecule has 1 aliphatic heterocycles. The molecule has 1 aromatic rings. The first-order valence-corrected chi connectivity index (χ1v) is 10.7. The van der Waals surface area contributed by atoms with Crippen molar-refractivity contribution in [3.63, 3.8) is 0 Å². The molecule has 1 saturated heterocycles. The monoisotopic (exact) mass is 461 g/mol. The fraction of sp³-hybridized carbons (Fsp3) is 0.286. The SMILES string of the molecule is CC(=C\c1ccccc1)/C=C1/SC(=S)N(CCC(=O)N[C@H](CCC(N)=O)C(=O)O)C1=O. The highest BCUT2D eigenvalue weighted by molar-refractivity contribution is 8.26. The van der Waals surface area contributed by atoms with Crippen LogP contribution in [0.1, 0.15) is 31.7 Å². The number of nitrogens with zero attached hydrogens (tertiary/aromatic N) is 1. The Hall–Kier alpha value is -2.98. The molecular weight excluding hydrogens is 438 g/mol. The number of primary amides is 1. The van der Waals surface area contributed by atoms with E-state index in [-0.39, 0.29) is 31.7 Å². The van der Waals surface area contributed by atoms with Crippen molar-refractivity contribution in [2.24, 2.45) is 5.73 Å². The molecule has 0 radical (unpaired) electrons. The first-order valence-electron chi connectivity index (χ1n) is 9.46. The normalized spacial score (nSPS) is 16.5. The number of carboxylic acids is 1. The topological polar surface area (TPSA) is 130 Å². The number of thioether (sulfide) groups is 1. The molecule has 164 valence electrons. The summed E-state index contributed by atoms with van der Waals surface area (Å²) in [5.74, 6) is -2.77. The lowest BCUT2D eigenvalue weighted by Crippen LogP contribution is -2.42. The van der Waals surface area contributed by atoms with Crippen molar-refractivity contribution in [3.05, 3.63) is 52.4 Å². The molecule has 0 unspecified atom stereocenters. The minimum atomic E-state index is -1.26. The highest BCUT2D eigenvalue weighted by Gasteiger charge is 2.32. The molecule has 31 heavy (non-hydrogen) atoms. The van der Waals surface area contributed by atoms with E-state index in [0.29, 0.717) is 9.23 Å². The van der Waals surface area contributed by atoms with Gasteiger partial charge in [0.15, 0.2) is 0 Å². The molecule has 0 spiro atoms. The first-order chi connectivity index (χ1) is 14.7. The molecule has 1 aromatic carbocycles. The molecule has 8 nitrogen and oxygen atoms in total. The summed E-state index contributed by atoms with van der Waals surface area (Å²) in [7, 11) is 0. The fourth-order valence-corrected chi connectivity index (χ4v) is 4.14. The van der Waals surface area contributed by atoms with E-state index in [0.717, 1.165) is 22.9 Å². The van der Waals surface area contributed by atoms with Crippen LogP contribution in [-0.4, -0.2) is 50.6 Å². The van der Waals surface area contributed by atoms with E-state index < -0.39 is 23.8 Å². The van der Waals surface area contributed by atoms with Gasteiger partial charge in [0.05, 0.1) is 4.91 Å². The molecule has 0 bridgehead atoms. The predicted molar refractivity (Wildman–Crippen MR) is 123 cm³/mol. The quantitative estimate of drug-likeness (QED) is 0.359. The van der Waals surface area contributed by atoms with Gasteiger partial charge in [-0.3, -0.25) is 19.3 Å². The number of carbonyl (C=O) groups is 4. The summed E-state index contributed by atoms with van der Waals surface area (Å²) < 4.78 is 0.333. The molecule has 10 heteroatoms. The van der Waals surface area contributed by atoms with Gasteiger partial charge >= 0.3 is 5.97 Å². The van der Waals surface area contributed by atoms with Crippen LogP contribution in [0.5, 0.6) is 0 Å². The zero-order valence-corrected chi connectivity index (χ0v) is 18.5. The smallest absolute Gasteiger partial charge is 0.326 e. The third kappa shape index (κ3) is 7.65. The molecule has 1 heterocycles. The Bertz CT molecular complexity index is 944. The van der Waals surface area contributed by atoms with E-state index in [1.165, 1.54) is 4.90 Å². The molecule has 0 saturated carbocycles. The summed E-state index contributed by atoms with van der Waals surface area (Å²) in [6.45, 7) is 1.91. The number of rotatable bonds is 10. The van der Waals surface area contributed by atoms with Crippen LogP contribution >= 0.6 is 24.0 Å². The largest absolute Gasteiger partial charge is 0.480 e. The number of hydrogen-bond acceptors (Lipinski definition) is 6. The number of thiocarbonyl (C=S) groups is 1. The fourth-order valence-electron chi connectivity index (χ4n) is 2.78.